The van der Waals surface area contributed by atoms with Crippen LogP contribution >= 0.6 is 0 Å². The molecule has 1 fully saturated rings. The van der Waals surface area contributed by atoms with Crippen molar-refractivity contribution in [3.63, 3.8) is 0 Å². The molecule has 1 atom stereocenters. The molecule has 0 amide bonds. The van der Waals surface area contributed by atoms with Crippen LogP contribution in [0.5, 0.6) is 0 Å². The van der Waals surface area contributed by atoms with Crippen molar-refractivity contribution in [1.29, 1.82) is 0 Å². The van der Waals surface area contributed by atoms with Crippen LogP contribution in [-0.4, -0.2) is 37.5 Å². The summed E-state index contributed by atoms with van der Waals surface area (Å²) in [4.78, 5) is 0. The van der Waals surface area contributed by atoms with Gasteiger partial charge in [0.2, 0.25) is 0 Å². The van der Waals surface area contributed by atoms with Crippen LogP contribution in [-0.2, 0) is 4.74 Å². The van der Waals surface area contributed by atoms with Gasteiger partial charge in [-0.2, -0.15) is 0 Å². The van der Waals surface area contributed by atoms with E-state index in [2.05, 4.69) is 26.1 Å². The quantitative estimate of drug-likeness (QED) is 0.652. The van der Waals surface area contributed by atoms with E-state index in [0.29, 0.717) is 24.5 Å². The lowest BCUT2D eigenvalue weighted by Gasteiger charge is -2.41. The molecule has 17 heavy (non-hydrogen) atoms. The minimum Gasteiger partial charge on any atom is -0.389 e. The lowest BCUT2D eigenvalue weighted by molar-refractivity contribution is 0.0227. The van der Waals surface area contributed by atoms with Gasteiger partial charge in [-0.3, -0.25) is 0 Å². The SMILES string of the molecule is CCC1(CNCC(O)COCC(C)C)CCC1. The number of aliphatic hydroxyl groups excluding tert-OH is 1. The van der Waals surface area contributed by atoms with Crippen LogP contribution in [0.15, 0.2) is 0 Å². The van der Waals surface area contributed by atoms with Crippen molar-refractivity contribution < 1.29 is 9.84 Å². The Morgan fingerprint density at radius 2 is 2.00 bits per heavy atom. The van der Waals surface area contributed by atoms with Gasteiger partial charge in [-0.05, 0) is 30.6 Å². The van der Waals surface area contributed by atoms with Gasteiger partial charge in [0.25, 0.3) is 0 Å². The minimum absolute atomic E-state index is 0.372. The largest absolute Gasteiger partial charge is 0.389 e. The minimum atomic E-state index is -0.372. The summed E-state index contributed by atoms with van der Waals surface area (Å²) in [6.07, 6.45) is 4.94. The van der Waals surface area contributed by atoms with Crippen molar-refractivity contribution in [3.05, 3.63) is 0 Å². The molecular formula is C14H29NO2. The first-order valence-corrected chi connectivity index (χ1v) is 7.04. The van der Waals surface area contributed by atoms with Gasteiger partial charge in [0, 0.05) is 19.7 Å². The molecule has 0 saturated heterocycles. The summed E-state index contributed by atoms with van der Waals surface area (Å²) >= 11 is 0. The molecule has 1 aliphatic rings. The fourth-order valence-electron chi connectivity index (χ4n) is 2.33. The van der Waals surface area contributed by atoms with E-state index >= 15 is 0 Å². The van der Waals surface area contributed by atoms with Gasteiger partial charge in [-0.1, -0.05) is 27.2 Å². The summed E-state index contributed by atoms with van der Waals surface area (Å²) in [5, 5.41) is 13.1. The highest BCUT2D eigenvalue weighted by molar-refractivity contribution is 4.88. The zero-order valence-electron chi connectivity index (χ0n) is 11.7. The van der Waals surface area contributed by atoms with Crippen molar-refractivity contribution in [2.45, 2.75) is 52.6 Å². The van der Waals surface area contributed by atoms with Crippen molar-refractivity contribution in [2.75, 3.05) is 26.3 Å². The van der Waals surface area contributed by atoms with Crippen molar-refractivity contribution >= 4 is 0 Å². The van der Waals surface area contributed by atoms with E-state index in [4.69, 9.17) is 4.74 Å². The number of aliphatic hydroxyl groups is 1. The lowest BCUT2D eigenvalue weighted by Crippen LogP contribution is -2.42. The average Bonchev–Trinajstić information content (AvgIpc) is 2.21. The summed E-state index contributed by atoms with van der Waals surface area (Å²) in [7, 11) is 0. The first kappa shape index (κ1) is 14.9. The summed E-state index contributed by atoms with van der Waals surface area (Å²) in [5.74, 6) is 0.536. The fraction of sp³-hybridized carbons (Fsp3) is 1.00. The highest BCUT2D eigenvalue weighted by Crippen LogP contribution is 2.42. The fourth-order valence-corrected chi connectivity index (χ4v) is 2.33. The maximum Gasteiger partial charge on any atom is 0.0897 e. The summed E-state index contributed by atoms with van der Waals surface area (Å²) < 4.78 is 5.42. The Labute approximate surface area is 106 Å². The molecule has 0 aromatic rings. The molecule has 1 rings (SSSR count). The smallest absolute Gasteiger partial charge is 0.0897 e. The number of ether oxygens (including phenoxy) is 1. The Morgan fingerprint density at radius 3 is 2.47 bits per heavy atom. The van der Waals surface area contributed by atoms with Gasteiger partial charge in [-0.15, -0.1) is 0 Å². The van der Waals surface area contributed by atoms with Crippen molar-refractivity contribution in [3.8, 4) is 0 Å². The molecule has 3 heteroatoms. The van der Waals surface area contributed by atoms with Crippen LogP contribution in [0.4, 0.5) is 0 Å². The molecule has 0 aliphatic heterocycles. The maximum atomic E-state index is 9.73. The summed E-state index contributed by atoms with van der Waals surface area (Å²) in [6, 6.07) is 0. The lowest BCUT2D eigenvalue weighted by atomic mass is 9.67. The highest BCUT2D eigenvalue weighted by Gasteiger charge is 2.34. The second kappa shape index (κ2) is 7.34. The van der Waals surface area contributed by atoms with E-state index in [1.165, 1.54) is 25.7 Å². The second-order valence-electron chi connectivity index (χ2n) is 5.92. The molecular weight excluding hydrogens is 214 g/mol. The summed E-state index contributed by atoms with van der Waals surface area (Å²) in [5.41, 5.74) is 0.526. The Balaban J connectivity index is 2.01. The Kier molecular flexibility index (Phi) is 6.45. The van der Waals surface area contributed by atoms with Gasteiger partial charge in [0.15, 0.2) is 0 Å². The first-order valence-electron chi connectivity index (χ1n) is 7.04. The van der Waals surface area contributed by atoms with Gasteiger partial charge in [0.1, 0.15) is 0 Å². The Morgan fingerprint density at radius 1 is 1.29 bits per heavy atom. The number of hydrogen-bond donors (Lipinski definition) is 2. The number of rotatable bonds is 9. The average molecular weight is 243 g/mol. The summed E-state index contributed by atoms with van der Waals surface area (Å²) in [6.45, 7) is 9.38. The Hall–Kier alpha value is -0.120. The Bertz CT molecular complexity index is 197. The molecule has 0 radical (unpaired) electrons. The monoisotopic (exact) mass is 243 g/mol. The number of nitrogens with one attached hydrogen (secondary N) is 1. The molecule has 102 valence electrons. The normalized spacial score (nSPS) is 20.3. The van der Waals surface area contributed by atoms with E-state index in [1.54, 1.807) is 0 Å². The van der Waals surface area contributed by atoms with Crippen LogP contribution < -0.4 is 5.32 Å². The standard InChI is InChI=1S/C14H29NO2/c1-4-14(6-5-7-14)11-15-8-13(16)10-17-9-12(2)3/h12-13,15-16H,4-11H2,1-3H3. The molecule has 2 N–H and O–H groups in total. The molecule has 0 aromatic carbocycles. The van der Waals surface area contributed by atoms with Crippen LogP contribution in [0.2, 0.25) is 0 Å². The second-order valence-corrected chi connectivity index (χ2v) is 5.92. The van der Waals surface area contributed by atoms with Gasteiger partial charge in [0.05, 0.1) is 12.7 Å². The first-order chi connectivity index (χ1) is 8.08. The van der Waals surface area contributed by atoms with E-state index in [0.717, 1.165) is 13.2 Å². The van der Waals surface area contributed by atoms with Crippen LogP contribution in [0.25, 0.3) is 0 Å². The zero-order valence-corrected chi connectivity index (χ0v) is 11.7. The molecule has 1 unspecified atom stereocenters. The highest BCUT2D eigenvalue weighted by atomic mass is 16.5. The zero-order chi connectivity index (χ0) is 12.7. The molecule has 0 aromatic heterocycles. The topological polar surface area (TPSA) is 41.5 Å². The predicted octanol–water partition coefficient (Wildman–Crippen LogP) is 2.19. The van der Waals surface area contributed by atoms with Crippen molar-refractivity contribution in [1.82, 2.24) is 5.32 Å². The number of hydrogen-bond acceptors (Lipinski definition) is 3. The van der Waals surface area contributed by atoms with Gasteiger partial charge in [-0.25, -0.2) is 0 Å². The van der Waals surface area contributed by atoms with E-state index in [9.17, 15) is 5.11 Å². The third-order valence-corrected chi connectivity index (χ3v) is 3.81. The molecule has 0 spiro atoms. The maximum absolute atomic E-state index is 9.73. The molecule has 1 saturated carbocycles. The molecule has 3 nitrogen and oxygen atoms in total. The van der Waals surface area contributed by atoms with Gasteiger partial charge < -0.3 is 15.2 Å². The van der Waals surface area contributed by atoms with E-state index in [1.807, 2.05) is 0 Å². The van der Waals surface area contributed by atoms with Crippen molar-refractivity contribution in [2.24, 2.45) is 11.3 Å². The molecule has 0 heterocycles. The predicted molar refractivity (Wildman–Crippen MR) is 71.1 cm³/mol. The molecule has 1 aliphatic carbocycles. The van der Waals surface area contributed by atoms with Crippen LogP contribution in [0.1, 0.15) is 46.5 Å². The molecule has 0 bridgehead atoms. The third kappa shape index (κ3) is 5.36. The van der Waals surface area contributed by atoms with Gasteiger partial charge >= 0.3 is 0 Å². The van der Waals surface area contributed by atoms with Crippen LogP contribution in [0.3, 0.4) is 0 Å². The van der Waals surface area contributed by atoms with E-state index < -0.39 is 0 Å². The third-order valence-electron chi connectivity index (χ3n) is 3.81. The van der Waals surface area contributed by atoms with Crippen LogP contribution in [0, 0.1) is 11.3 Å². The van der Waals surface area contributed by atoms with E-state index in [-0.39, 0.29) is 6.10 Å².